The second-order valence-corrected chi connectivity index (χ2v) is 9.23. The van der Waals surface area contributed by atoms with Gasteiger partial charge in [0.25, 0.3) is 10.0 Å². The molecule has 1 aliphatic heterocycles. The molecule has 4 nitrogen and oxygen atoms in total. The first kappa shape index (κ1) is 13.7. The molecule has 2 heterocycles. The van der Waals surface area contributed by atoms with E-state index in [1.54, 1.807) is 0 Å². The lowest BCUT2D eigenvalue weighted by atomic mass is 9.96. The lowest BCUT2D eigenvalue weighted by molar-refractivity contribution is 0.443. The highest BCUT2D eigenvalue weighted by molar-refractivity contribution is 8.17. The van der Waals surface area contributed by atoms with Gasteiger partial charge in [0.2, 0.25) is 0 Å². The van der Waals surface area contributed by atoms with Gasteiger partial charge in [-0.25, -0.2) is 8.42 Å². The van der Waals surface area contributed by atoms with Crippen LogP contribution in [0, 0.1) is 0 Å². The van der Waals surface area contributed by atoms with Gasteiger partial charge in [-0.2, -0.15) is 0 Å². The van der Waals surface area contributed by atoms with Crippen LogP contribution >= 0.6 is 34.7 Å². The first-order valence-electron chi connectivity index (χ1n) is 6.12. The van der Waals surface area contributed by atoms with Crippen LogP contribution in [0.1, 0.15) is 32.1 Å². The fourth-order valence-corrected chi connectivity index (χ4v) is 6.93. The SMILES string of the molecule is O=S1(=O)NC(=NC2CCCCC2)Sc2sc(Cl)cc21. The van der Waals surface area contributed by atoms with Crippen LogP contribution in [0.3, 0.4) is 0 Å². The second kappa shape index (κ2) is 5.27. The molecule has 0 radical (unpaired) electrons. The van der Waals surface area contributed by atoms with Crippen LogP contribution in [0.15, 0.2) is 20.2 Å². The predicted molar refractivity (Wildman–Crippen MR) is 79.8 cm³/mol. The van der Waals surface area contributed by atoms with Crippen molar-refractivity contribution in [3.05, 3.63) is 10.4 Å². The van der Waals surface area contributed by atoms with Crippen LogP contribution < -0.4 is 4.72 Å². The highest BCUT2D eigenvalue weighted by atomic mass is 35.5. The molecule has 0 saturated heterocycles. The Labute approximate surface area is 125 Å². The Bertz CT molecular complexity index is 618. The molecule has 1 aromatic rings. The third-order valence-electron chi connectivity index (χ3n) is 3.21. The van der Waals surface area contributed by atoms with E-state index in [0.29, 0.717) is 13.7 Å². The average molecular weight is 337 g/mol. The molecule has 0 bridgehead atoms. The molecule has 104 valence electrons. The van der Waals surface area contributed by atoms with Crippen molar-refractivity contribution in [1.82, 2.24) is 4.72 Å². The number of rotatable bonds is 1. The first-order chi connectivity index (χ1) is 9.04. The molecule has 3 rings (SSSR count). The molecule has 2 aliphatic rings. The number of aliphatic imine (C=N–C) groups is 1. The quantitative estimate of drug-likeness (QED) is 0.854. The third kappa shape index (κ3) is 2.94. The van der Waals surface area contributed by atoms with E-state index in [1.807, 2.05) is 0 Å². The van der Waals surface area contributed by atoms with Gasteiger partial charge in [0, 0.05) is 0 Å². The van der Waals surface area contributed by atoms with Crippen molar-refractivity contribution in [3.63, 3.8) is 0 Å². The van der Waals surface area contributed by atoms with Gasteiger partial charge in [-0.05, 0) is 30.7 Å². The summed E-state index contributed by atoms with van der Waals surface area (Å²) >= 11 is 8.55. The Hall–Kier alpha value is -0.240. The summed E-state index contributed by atoms with van der Waals surface area (Å²) in [5.41, 5.74) is 0. The zero-order valence-corrected chi connectivity index (χ0v) is 13.3. The normalized spacial score (nSPS) is 25.0. The van der Waals surface area contributed by atoms with E-state index in [0.717, 1.165) is 12.8 Å². The lowest BCUT2D eigenvalue weighted by Crippen LogP contribution is -2.33. The molecule has 1 fully saturated rings. The molecular weight excluding hydrogens is 324 g/mol. The molecule has 19 heavy (non-hydrogen) atoms. The minimum absolute atomic E-state index is 0.246. The van der Waals surface area contributed by atoms with E-state index in [1.165, 1.54) is 48.4 Å². The van der Waals surface area contributed by atoms with Crippen molar-refractivity contribution in [2.45, 2.75) is 47.3 Å². The minimum Gasteiger partial charge on any atom is -0.258 e. The molecule has 1 aliphatic carbocycles. The maximum Gasteiger partial charge on any atom is 0.265 e. The fourth-order valence-electron chi connectivity index (χ4n) is 2.30. The Morgan fingerprint density at radius 1 is 1.32 bits per heavy atom. The van der Waals surface area contributed by atoms with Crippen molar-refractivity contribution in [2.24, 2.45) is 4.99 Å². The van der Waals surface area contributed by atoms with E-state index in [9.17, 15) is 8.42 Å². The topological polar surface area (TPSA) is 58.5 Å². The van der Waals surface area contributed by atoms with E-state index < -0.39 is 10.0 Å². The minimum atomic E-state index is -3.50. The van der Waals surface area contributed by atoms with Crippen LogP contribution in [0.5, 0.6) is 0 Å². The maximum absolute atomic E-state index is 12.1. The zero-order valence-electron chi connectivity index (χ0n) is 10.1. The summed E-state index contributed by atoms with van der Waals surface area (Å²) in [7, 11) is -3.50. The largest absolute Gasteiger partial charge is 0.265 e. The molecule has 1 N–H and O–H groups in total. The van der Waals surface area contributed by atoms with Gasteiger partial charge in [0.15, 0.2) is 5.17 Å². The molecule has 1 aromatic heterocycles. The number of fused-ring (bicyclic) bond motifs is 1. The smallest absolute Gasteiger partial charge is 0.258 e. The van der Waals surface area contributed by atoms with E-state index >= 15 is 0 Å². The number of sulfonamides is 1. The number of hydrogen-bond donors (Lipinski definition) is 1. The summed E-state index contributed by atoms with van der Waals surface area (Å²) in [6.45, 7) is 0. The standard InChI is InChI=1S/C11H13ClN2O2S3/c12-9-6-8-10(17-9)18-11(14-19(8,15)16)13-7-4-2-1-3-5-7/h6-7H,1-5H2,(H,13,14). The van der Waals surface area contributed by atoms with Crippen LogP contribution in [0.25, 0.3) is 0 Å². The number of halogens is 1. The second-order valence-electron chi connectivity index (χ2n) is 4.64. The maximum atomic E-state index is 12.1. The van der Waals surface area contributed by atoms with E-state index in [4.69, 9.17) is 11.6 Å². The molecule has 0 atom stereocenters. The van der Waals surface area contributed by atoms with E-state index in [2.05, 4.69) is 9.71 Å². The predicted octanol–water partition coefficient (Wildman–Crippen LogP) is 3.47. The number of thiophene rings is 1. The first-order valence-corrected chi connectivity index (χ1v) is 9.62. The van der Waals surface area contributed by atoms with Crippen LogP contribution in [-0.2, 0) is 10.0 Å². The van der Waals surface area contributed by atoms with Gasteiger partial charge < -0.3 is 0 Å². The number of nitrogens with zero attached hydrogens (tertiary/aromatic N) is 1. The van der Waals surface area contributed by atoms with Gasteiger partial charge in [-0.3, -0.25) is 9.71 Å². The average Bonchev–Trinajstić information content (AvgIpc) is 2.71. The Morgan fingerprint density at radius 2 is 2.05 bits per heavy atom. The number of nitrogens with one attached hydrogen (secondary N) is 1. The summed E-state index contributed by atoms with van der Waals surface area (Å²) in [4.78, 5) is 4.82. The van der Waals surface area contributed by atoms with Crippen molar-refractivity contribution in [3.8, 4) is 0 Å². The monoisotopic (exact) mass is 336 g/mol. The van der Waals surface area contributed by atoms with Gasteiger partial charge in [-0.1, -0.05) is 30.9 Å². The molecule has 8 heteroatoms. The molecule has 0 unspecified atom stereocenters. The van der Waals surface area contributed by atoms with Crippen LogP contribution in [-0.4, -0.2) is 19.6 Å². The van der Waals surface area contributed by atoms with Gasteiger partial charge in [-0.15, -0.1) is 11.3 Å². The van der Waals surface area contributed by atoms with Crippen LogP contribution in [0.4, 0.5) is 0 Å². The Balaban J connectivity index is 1.89. The fraction of sp³-hybridized carbons (Fsp3) is 0.545. The van der Waals surface area contributed by atoms with Crippen molar-refractivity contribution in [2.75, 3.05) is 0 Å². The lowest BCUT2D eigenvalue weighted by Gasteiger charge is -2.21. The third-order valence-corrected chi connectivity index (χ3v) is 7.33. The van der Waals surface area contributed by atoms with Crippen molar-refractivity contribution >= 4 is 49.9 Å². The molecule has 0 spiro atoms. The zero-order chi connectivity index (χ0) is 13.5. The number of thioether (sulfide) groups is 1. The molecule has 0 amide bonds. The number of amidine groups is 1. The summed E-state index contributed by atoms with van der Waals surface area (Å²) in [6, 6.07) is 1.74. The highest BCUT2D eigenvalue weighted by Crippen LogP contribution is 2.41. The summed E-state index contributed by atoms with van der Waals surface area (Å²) < 4.78 is 27.9. The molecule has 0 aromatic carbocycles. The molecule has 1 saturated carbocycles. The number of hydrogen-bond acceptors (Lipinski definition) is 5. The van der Waals surface area contributed by atoms with Crippen molar-refractivity contribution < 1.29 is 8.42 Å². The summed E-state index contributed by atoms with van der Waals surface area (Å²) in [6.07, 6.45) is 5.70. The van der Waals surface area contributed by atoms with Crippen LogP contribution in [0.2, 0.25) is 4.34 Å². The molecular formula is C11H13ClN2O2S3. The van der Waals surface area contributed by atoms with Gasteiger partial charge in [0.1, 0.15) is 4.90 Å². The summed E-state index contributed by atoms with van der Waals surface area (Å²) in [5.74, 6) is 0. The Morgan fingerprint density at radius 3 is 2.79 bits per heavy atom. The van der Waals surface area contributed by atoms with E-state index in [-0.39, 0.29) is 10.9 Å². The van der Waals surface area contributed by atoms with Gasteiger partial charge in [0.05, 0.1) is 14.6 Å². The summed E-state index contributed by atoms with van der Waals surface area (Å²) in [5, 5.41) is 0.484. The van der Waals surface area contributed by atoms with Gasteiger partial charge >= 0.3 is 0 Å². The highest BCUT2D eigenvalue weighted by Gasteiger charge is 2.30. The van der Waals surface area contributed by atoms with Crippen molar-refractivity contribution in [1.29, 1.82) is 0 Å². The Kier molecular flexibility index (Phi) is 3.81.